The molecule has 6 nitrogen and oxygen atoms in total. The van der Waals surface area contributed by atoms with E-state index in [-0.39, 0.29) is 11.9 Å². The number of carbonyl (C=O) groups excluding carboxylic acids is 1. The van der Waals surface area contributed by atoms with Crippen molar-refractivity contribution in [2.24, 2.45) is 0 Å². The Kier molecular flexibility index (Phi) is 5.75. The Morgan fingerprint density at radius 1 is 1.29 bits per heavy atom. The van der Waals surface area contributed by atoms with Gasteiger partial charge in [0, 0.05) is 43.6 Å². The Labute approximate surface area is 172 Å². The molecule has 4 heterocycles. The van der Waals surface area contributed by atoms with E-state index >= 15 is 0 Å². The zero-order chi connectivity index (χ0) is 19.5. The van der Waals surface area contributed by atoms with E-state index in [0.717, 1.165) is 30.8 Å². The van der Waals surface area contributed by atoms with Crippen molar-refractivity contribution >= 4 is 28.8 Å². The van der Waals surface area contributed by atoms with Gasteiger partial charge in [0.1, 0.15) is 0 Å². The molecule has 1 aliphatic rings. The van der Waals surface area contributed by atoms with Crippen LogP contribution >= 0.6 is 22.9 Å². The Morgan fingerprint density at radius 2 is 2.04 bits per heavy atom. The van der Waals surface area contributed by atoms with Crippen molar-refractivity contribution < 1.29 is 9.32 Å². The lowest BCUT2D eigenvalue weighted by Gasteiger charge is -2.36. The second-order valence-corrected chi connectivity index (χ2v) is 8.64. The van der Waals surface area contributed by atoms with E-state index in [1.807, 2.05) is 18.5 Å². The highest BCUT2D eigenvalue weighted by atomic mass is 35.5. The molecule has 3 aromatic heterocycles. The van der Waals surface area contributed by atoms with Gasteiger partial charge in [-0.15, -0.1) is 11.3 Å². The number of amides is 1. The lowest BCUT2D eigenvalue weighted by molar-refractivity contribution is 0.0887. The molecule has 1 fully saturated rings. The van der Waals surface area contributed by atoms with Crippen molar-refractivity contribution in [1.82, 2.24) is 20.4 Å². The zero-order valence-electron chi connectivity index (χ0n) is 15.5. The number of nitrogens with zero attached hydrogens (tertiary/aromatic N) is 3. The Morgan fingerprint density at radius 3 is 2.71 bits per heavy atom. The van der Waals surface area contributed by atoms with Crippen LogP contribution in [-0.2, 0) is 0 Å². The number of hydrogen-bond acceptors (Lipinski definition) is 6. The molecule has 0 saturated carbocycles. The van der Waals surface area contributed by atoms with Crippen LogP contribution in [0.2, 0.25) is 4.34 Å². The van der Waals surface area contributed by atoms with Crippen LogP contribution in [0.25, 0.3) is 10.6 Å². The molecular weight excluding hydrogens is 396 g/mol. The number of rotatable bonds is 5. The molecule has 0 bridgehead atoms. The van der Waals surface area contributed by atoms with Crippen molar-refractivity contribution in [3.8, 4) is 10.6 Å². The summed E-state index contributed by atoms with van der Waals surface area (Å²) in [6, 6.07) is 9.92. The zero-order valence-corrected chi connectivity index (χ0v) is 17.0. The van der Waals surface area contributed by atoms with E-state index in [9.17, 15) is 4.79 Å². The minimum Gasteiger partial charge on any atom is -0.355 e. The SMILES string of the molecule is CC(c1ccncc1)N1CCC(NC(=O)c2cc(-c3ccc(Cl)s3)on2)CC1. The van der Waals surface area contributed by atoms with Crippen molar-refractivity contribution in [1.29, 1.82) is 0 Å². The van der Waals surface area contributed by atoms with Crippen LogP contribution in [0.5, 0.6) is 0 Å². The first-order chi connectivity index (χ1) is 13.6. The second kappa shape index (κ2) is 8.43. The summed E-state index contributed by atoms with van der Waals surface area (Å²) in [6.07, 6.45) is 5.48. The van der Waals surface area contributed by atoms with E-state index in [2.05, 4.69) is 39.4 Å². The first-order valence-corrected chi connectivity index (χ1v) is 10.5. The van der Waals surface area contributed by atoms with Crippen molar-refractivity contribution in [3.63, 3.8) is 0 Å². The molecule has 4 rings (SSSR count). The number of aromatic nitrogens is 2. The molecule has 1 N–H and O–H groups in total. The van der Waals surface area contributed by atoms with Crippen LogP contribution in [0.15, 0.2) is 47.2 Å². The van der Waals surface area contributed by atoms with Gasteiger partial charge in [0.2, 0.25) is 0 Å². The predicted molar refractivity (Wildman–Crippen MR) is 110 cm³/mol. The third-order valence-corrected chi connectivity index (χ3v) is 6.41. The number of pyridine rings is 1. The molecule has 1 atom stereocenters. The normalized spacial score (nSPS) is 16.8. The summed E-state index contributed by atoms with van der Waals surface area (Å²) in [5, 5.41) is 6.99. The summed E-state index contributed by atoms with van der Waals surface area (Å²) in [4.78, 5) is 19.9. The maximum absolute atomic E-state index is 12.5. The third kappa shape index (κ3) is 4.27. The summed E-state index contributed by atoms with van der Waals surface area (Å²) in [5.41, 5.74) is 1.56. The maximum Gasteiger partial charge on any atom is 0.273 e. The number of nitrogens with one attached hydrogen (secondary N) is 1. The molecule has 0 aromatic carbocycles. The second-order valence-electron chi connectivity index (χ2n) is 6.92. The van der Waals surface area contributed by atoms with E-state index in [4.69, 9.17) is 16.1 Å². The van der Waals surface area contributed by atoms with E-state index in [1.54, 1.807) is 12.1 Å². The Bertz CT molecular complexity index is 935. The van der Waals surface area contributed by atoms with Crippen molar-refractivity contribution in [2.75, 3.05) is 13.1 Å². The average molecular weight is 417 g/mol. The molecule has 1 amide bonds. The molecule has 1 saturated heterocycles. The van der Waals surface area contributed by atoms with Crippen LogP contribution in [0.1, 0.15) is 41.9 Å². The Hall–Kier alpha value is -2.22. The van der Waals surface area contributed by atoms with Gasteiger partial charge in [0.25, 0.3) is 5.91 Å². The average Bonchev–Trinajstić information content (AvgIpc) is 3.38. The van der Waals surface area contributed by atoms with Gasteiger partial charge in [0.05, 0.1) is 9.21 Å². The number of thiophene rings is 1. The topological polar surface area (TPSA) is 71.3 Å². The summed E-state index contributed by atoms with van der Waals surface area (Å²) in [6.45, 7) is 4.08. The molecule has 1 aliphatic heterocycles. The summed E-state index contributed by atoms with van der Waals surface area (Å²) in [5.74, 6) is 0.362. The van der Waals surface area contributed by atoms with E-state index < -0.39 is 0 Å². The van der Waals surface area contributed by atoms with Crippen LogP contribution in [-0.4, -0.2) is 40.1 Å². The fraction of sp³-hybridized carbons (Fsp3) is 0.350. The molecule has 0 spiro atoms. The minimum absolute atomic E-state index is 0.143. The first kappa shape index (κ1) is 19.1. The van der Waals surface area contributed by atoms with Crippen LogP contribution < -0.4 is 5.32 Å². The molecule has 8 heteroatoms. The molecule has 1 unspecified atom stereocenters. The summed E-state index contributed by atoms with van der Waals surface area (Å²) in [7, 11) is 0. The van der Waals surface area contributed by atoms with Gasteiger partial charge in [-0.1, -0.05) is 16.8 Å². The fourth-order valence-corrected chi connectivity index (χ4v) is 4.48. The summed E-state index contributed by atoms with van der Waals surface area (Å²) >= 11 is 7.34. The highest BCUT2D eigenvalue weighted by molar-refractivity contribution is 7.19. The predicted octanol–water partition coefficient (Wildman–Crippen LogP) is 4.41. The summed E-state index contributed by atoms with van der Waals surface area (Å²) < 4.78 is 5.97. The number of carbonyl (C=O) groups is 1. The van der Waals surface area contributed by atoms with Gasteiger partial charge in [0.15, 0.2) is 11.5 Å². The molecule has 28 heavy (non-hydrogen) atoms. The first-order valence-electron chi connectivity index (χ1n) is 9.27. The van der Waals surface area contributed by atoms with Gasteiger partial charge in [-0.25, -0.2) is 0 Å². The highest BCUT2D eigenvalue weighted by Crippen LogP contribution is 2.31. The van der Waals surface area contributed by atoms with Gasteiger partial charge in [-0.2, -0.15) is 0 Å². The van der Waals surface area contributed by atoms with Gasteiger partial charge in [-0.3, -0.25) is 14.7 Å². The molecule has 3 aromatic rings. The smallest absolute Gasteiger partial charge is 0.273 e. The van der Waals surface area contributed by atoms with Crippen LogP contribution in [0.4, 0.5) is 0 Å². The van der Waals surface area contributed by atoms with Crippen LogP contribution in [0, 0.1) is 0 Å². The number of piperidine rings is 1. The largest absolute Gasteiger partial charge is 0.355 e. The minimum atomic E-state index is -0.196. The molecule has 0 aliphatic carbocycles. The standard InChI is InChI=1S/C20H21ClN4O2S/c1-13(14-4-8-22-9-5-14)25-10-6-15(7-11-25)23-20(26)16-12-17(27-24-16)18-2-3-19(21)28-18/h2-5,8-9,12-13,15H,6-7,10-11H2,1H3,(H,23,26). The monoisotopic (exact) mass is 416 g/mol. The van der Waals surface area contributed by atoms with E-state index in [0.29, 0.717) is 21.8 Å². The number of halogens is 1. The van der Waals surface area contributed by atoms with Crippen molar-refractivity contribution in [2.45, 2.75) is 31.8 Å². The Balaban J connectivity index is 1.31. The van der Waals surface area contributed by atoms with Gasteiger partial charge in [-0.05, 0) is 49.6 Å². The lowest BCUT2D eigenvalue weighted by atomic mass is 10.0. The molecule has 0 radical (unpaired) electrons. The van der Waals surface area contributed by atoms with E-state index in [1.165, 1.54) is 16.9 Å². The lowest BCUT2D eigenvalue weighted by Crippen LogP contribution is -2.45. The molecule has 146 valence electrons. The quantitative estimate of drug-likeness (QED) is 0.667. The molecular formula is C20H21ClN4O2S. The van der Waals surface area contributed by atoms with Gasteiger partial charge >= 0.3 is 0 Å². The van der Waals surface area contributed by atoms with Gasteiger partial charge < -0.3 is 9.84 Å². The van der Waals surface area contributed by atoms with Crippen LogP contribution in [0.3, 0.4) is 0 Å². The van der Waals surface area contributed by atoms with Crippen molar-refractivity contribution in [3.05, 3.63) is 58.3 Å². The highest BCUT2D eigenvalue weighted by Gasteiger charge is 2.25. The fourth-order valence-electron chi connectivity index (χ4n) is 3.49. The number of hydrogen-bond donors (Lipinski definition) is 1. The maximum atomic E-state index is 12.5. The number of likely N-dealkylation sites (tertiary alicyclic amines) is 1. The third-order valence-electron chi connectivity index (χ3n) is 5.16.